The number of rotatable bonds is 2. The Morgan fingerprint density at radius 1 is 1.18 bits per heavy atom. The summed E-state index contributed by atoms with van der Waals surface area (Å²) in [5.41, 5.74) is 3.36. The van der Waals surface area contributed by atoms with E-state index in [1.165, 1.54) is 0 Å². The molecule has 0 aliphatic rings. The van der Waals surface area contributed by atoms with E-state index >= 15 is 0 Å². The van der Waals surface area contributed by atoms with Crippen molar-refractivity contribution in [2.24, 2.45) is 0 Å². The average Bonchev–Trinajstić information content (AvgIpc) is 2.29. The first-order valence-corrected chi connectivity index (χ1v) is 5.97. The largest absolute Gasteiger partial charge is 0.478 e. The summed E-state index contributed by atoms with van der Waals surface area (Å²) in [5.74, 6) is -0.911. The molecule has 0 fully saturated rings. The maximum absolute atomic E-state index is 10.9. The molecule has 17 heavy (non-hydrogen) atoms. The van der Waals surface area contributed by atoms with Crippen molar-refractivity contribution in [2.75, 3.05) is 0 Å². The lowest BCUT2D eigenvalue weighted by atomic mass is 10.0. The Kier molecular flexibility index (Phi) is 3.29. The molecule has 0 atom stereocenters. The summed E-state index contributed by atoms with van der Waals surface area (Å²) in [6.45, 7) is 2.01. The molecular weight excluding hydrogens is 280 g/mol. The lowest BCUT2D eigenvalue weighted by Crippen LogP contribution is -1.96. The number of hydrogen-bond acceptors (Lipinski definition) is 1. The van der Waals surface area contributed by atoms with Gasteiger partial charge in [0.25, 0.3) is 0 Å². The zero-order valence-electron chi connectivity index (χ0n) is 9.27. The number of carboxylic acids is 1. The van der Waals surface area contributed by atoms with E-state index in [-0.39, 0.29) is 0 Å². The summed E-state index contributed by atoms with van der Waals surface area (Å²) < 4.78 is 0.896. The van der Waals surface area contributed by atoms with Crippen LogP contribution in [0.5, 0.6) is 0 Å². The lowest BCUT2D eigenvalue weighted by molar-refractivity contribution is 0.0697. The first kappa shape index (κ1) is 11.9. The minimum absolute atomic E-state index is 0.296. The van der Waals surface area contributed by atoms with Crippen LogP contribution in [0.3, 0.4) is 0 Å². The molecule has 0 aliphatic heterocycles. The summed E-state index contributed by atoms with van der Waals surface area (Å²) in [5, 5.41) is 8.99. The van der Waals surface area contributed by atoms with Gasteiger partial charge >= 0.3 is 5.97 Å². The number of hydrogen-bond donors (Lipinski definition) is 1. The fourth-order valence-electron chi connectivity index (χ4n) is 1.69. The van der Waals surface area contributed by atoms with Gasteiger partial charge in [0.05, 0.1) is 5.56 Å². The van der Waals surface area contributed by atoms with E-state index < -0.39 is 5.97 Å². The van der Waals surface area contributed by atoms with Crippen molar-refractivity contribution >= 4 is 21.9 Å². The topological polar surface area (TPSA) is 37.3 Å². The van der Waals surface area contributed by atoms with Crippen LogP contribution in [0, 0.1) is 6.92 Å². The van der Waals surface area contributed by atoms with E-state index in [0.717, 1.165) is 21.2 Å². The fraction of sp³-hybridized carbons (Fsp3) is 0.0714. The third kappa shape index (κ3) is 2.56. The van der Waals surface area contributed by atoms with Crippen LogP contribution in [0.2, 0.25) is 0 Å². The van der Waals surface area contributed by atoms with E-state index in [1.807, 2.05) is 31.2 Å². The minimum Gasteiger partial charge on any atom is -0.478 e. The van der Waals surface area contributed by atoms with Crippen molar-refractivity contribution in [1.29, 1.82) is 0 Å². The Morgan fingerprint density at radius 2 is 1.94 bits per heavy atom. The average molecular weight is 291 g/mol. The van der Waals surface area contributed by atoms with E-state index in [4.69, 9.17) is 5.11 Å². The summed E-state index contributed by atoms with van der Waals surface area (Å²) in [7, 11) is 0. The van der Waals surface area contributed by atoms with Crippen molar-refractivity contribution in [1.82, 2.24) is 0 Å². The number of benzene rings is 2. The van der Waals surface area contributed by atoms with E-state index in [9.17, 15) is 4.79 Å². The minimum atomic E-state index is -0.911. The second-order valence-corrected chi connectivity index (χ2v) is 4.72. The van der Waals surface area contributed by atoms with E-state index in [0.29, 0.717) is 5.56 Å². The van der Waals surface area contributed by atoms with Gasteiger partial charge in [-0.3, -0.25) is 0 Å². The monoisotopic (exact) mass is 290 g/mol. The summed E-state index contributed by atoms with van der Waals surface area (Å²) in [6, 6.07) is 13.0. The first-order valence-electron chi connectivity index (χ1n) is 5.18. The highest BCUT2D eigenvalue weighted by atomic mass is 79.9. The maximum Gasteiger partial charge on any atom is 0.335 e. The van der Waals surface area contributed by atoms with Crippen LogP contribution in [0.1, 0.15) is 15.9 Å². The lowest BCUT2D eigenvalue weighted by Gasteiger charge is -2.07. The van der Waals surface area contributed by atoms with Gasteiger partial charge < -0.3 is 5.11 Å². The van der Waals surface area contributed by atoms with Crippen molar-refractivity contribution in [2.45, 2.75) is 6.92 Å². The molecule has 0 aromatic heterocycles. The highest BCUT2D eigenvalue weighted by Gasteiger charge is 2.08. The molecule has 0 aliphatic carbocycles. The predicted molar refractivity (Wildman–Crippen MR) is 71.3 cm³/mol. The molecule has 1 N–H and O–H groups in total. The van der Waals surface area contributed by atoms with Crippen LogP contribution in [0.15, 0.2) is 46.9 Å². The Morgan fingerprint density at radius 3 is 2.59 bits per heavy atom. The Bertz CT molecular complexity index is 576. The molecule has 86 valence electrons. The molecule has 0 heterocycles. The zero-order chi connectivity index (χ0) is 12.4. The summed E-state index contributed by atoms with van der Waals surface area (Å²) in [4.78, 5) is 10.9. The van der Waals surface area contributed by atoms with Gasteiger partial charge in [-0.1, -0.05) is 45.8 Å². The van der Waals surface area contributed by atoms with Crippen molar-refractivity contribution < 1.29 is 9.90 Å². The van der Waals surface area contributed by atoms with Crippen LogP contribution in [0.25, 0.3) is 11.1 Å². The predicted octanol–water partition coefficient (Wildman–Crippen LogP) is 4.12. The van der Waals surface area contributed by atoms with Crippen LogP contribution in [0.4, 0.5) is 0 Å². The molecule has 2 aromatic carbocycles. The Labute approximate surface area is 108 Å². The molecule has 0 unspecified atom stereocenters. The van der Waals surface area contributed by atoms with Crippen molar-refractivity contribution in [3.63, 3.8) is 0 Å². The van der Waals surface area contributed by atoms with E-state index in [2.05, 4.69) is 15.9 Å². The van der Waals surface area contributed by atoms with Gasteiger partial charge in [0.1, 0.15) is 0 Å². The molecule has 2 rings (SSSR count). The van der Waals surface area contributed by atoms with Gasteiger partial charge in [-0.25, -0.2) is 4.79 Å². The third-order valence-electron chi connectivity index (χ3n) is 2.54. The Balaban J connectivity index is 2.58. The highest BCUT2D eigenvalue weighted by Crippen LogP contribution is 2.29. The van der Waals surface area contributed by atoms with Gasteiger partial charge in [-0.2, -0.15) is 0 Å². The standard InChI is InChI=1S/C14H11BrO2/c1-9-3-2-4-10(7-9)12-8-11(14(16)17)5-6-13(12)15/h2-8H,1H3,(H,16,17). The number of aryl methyl sites for hydroxylation is 1. The van der Waals surface area contributed by atoms with Crippen LogP contribution in [-0.2, 0) is 0 Å². The molecule has 2 nitrogen and oxygen atoms in total. The Hall–Kier alpha value is -1.61. The molecular formula is C14H11BrO2. The summed E-state index contributed by atoms with van der Waals surface area (Å²) >= 11 is 3.45. The molecule has 0 amide bonds. The molecule has 0 radical (unpaired) electrons. The smallest absolute Gasteiger partial charge is 0.335 e. The second-order valence-electron chi connectivity index (χ2n) is 3.87. The van der Waals surface area contributed by atoms with Crippen LogP contribution < -0.4 is 0 Å². The van der Waals surface area contributed by atoms with Gasteiger partial charge in [-0.05, 0) is 36.2 Å². The first-order chi connectivity index (χ1) is 8.08. The van der Waals surface area contributed by atoms with Crippen LogP contribution >= 0.6 is 15.9 Å². The fourth-order valence-corrected chi connectivity index (χ4v) is 2.17. The van der Waals surface area contributed by atoms with Gasteiger partial charge in [0.15, 0.2) is 0 Å². The third-order valence-corrected chi connectivity index (χ3v) is 3.23. The van der Waals surface area contributed by atoms with E-state index in [1.54, 1.807) is 18.2 Å². The molecule has 0 saturated carbocycles. The summed E-state index contributed by atoms with van der Waals surface area (Å²) in [6.07, 6.45) is 0. The highest BCUT2D eigenvalue weighted by molar-refractivity contribution is 9.10. The molecule has 3 heteroatoms. The molecule has 0 bridgehead atoms. The van der Waals surface area contributed by atoms with Crippen molar-refractivity contribution in [3.05, 3.63) is 58.1 Å². The second kappa shape index (κ2) is 4.72. The quantitative estimate of drug-likeness (QED) is 0.903. The zero-order valence-corrected chi connectivity index (χ0v) is 10.9. The SMILES string of the molecule is Cc1cccc(-c2cc(C(=O)O)ccc2Br)c1. The van der Waals surface area contributed by atoms with Gasteiger partial charge in [-0.15, -0.1) is 0 Å². The number of aromatic carboxylic acids is 1. The van der Waals surface area contributed by atoms with Gasteiger partial charge in [0, 0.05) is 4.47 Å². The maximum atomic E-state index is 10.9. The number of halogens is 1. The number of carboxylic acid groups (broad SMARTS) is 1. The molecule has 0 saturated heterocycles. The van der Waals surface area contributed by atoms with Gasteiger partial charge in [0.2, 0.25) is 0 Å². The molecule has 0 spiro atoms. The number of carbonyl (C=O) groups is 1. The normalized spacial score (nSPS) is 10.2. The van der Waals surface area contributed by atoms with Crippen molar-refractivity contribution in [3.8, 4) is 11.1 Å². The molecule has 2 aromatic rings. The van der Waals surface area contributed by atoms with Crippen LogP contribution in [-0.4, -0.2) is 11.1 Å².